The number of carboxylic acid groups (broad SMARTS) is 1. The van der Waals surface area contributed by atoms with Crippen LogP contribution in [-0.2, 0) is 20.0 Å². The third kappa shape index (κ3) is 4.28. The van der Waals surface area contributed by atoms with Crippen molar-refractivity contribution >= 4 is 25.7 Å². The lowest BCUT2D eigenvalue weighted by Crippen LogP contribution is -2.14. The van der Waals surface area contributed by atoms with Crippen molar-refractivity contribution in [2.45, 2.75) is 11.1 Å². The quantitative estimate of drug-likeness (QED) is 0.860. The van der Waals surface area contributed by atoms with Crippen LogP contribution >= 0.6 is 10.7 Å². The molecule has 1 aromatic rings. The van der Waals surface area contributed by atoms with Crippen molar-refractivity contribution in [3.05, 3.63) is 23.8 Å². The van der Waals surface area contributed by atoms with Crippen molar-refractivity contribution in [3.8, 4) is 5.75 Å². The van der Waals surface area contributed by atoms with Gasteiger partial charge in [-0.1, -0.05) is 0 Å². The standard InChI is InChI=1S/C9H6ClF3O5S/c10-19(16,17)5-1-2-7(18-4-8(14)15)6(3-5)9(11,12)13/h1-3H,4H2,(H,14,15). The summed E-state index contributed by atoms with van der Waals surface area (Å²) in [6, 6.07) is 1.76. The number of rotatable bonds is 4. The minimum absolute atomic E-state index is 0.277. The first-order valence-corrected chi connectivity index (χ1v) is 6.83. The molecule has 0 amide bonds. The Morgan fingerprint density at radius 1 is 1.37 bits per heavy atom. The van der Waals surface area contributed by atoms with Gasteiger partial charge in [-0.2, -0.15) is 13.2 Å². The number of benzene rings is 1. The molecule has 0 heterocycles. The van der Waals surface area contributed by atoms with Crippen LogP contribution in [0.4, 0.5) is 13.2 Å². The summed E-state index contributed by atoms with van der Waals surface area (Å²) in [5.41, 5.74) is -1.42. The summed E-state index contributed by atoms with van der Waals surface area (Å²) < 4.78 is 64.4. The zero-order valence-electron chi connectivity index (χ0n) is 8.94. The number of hydrogen-bond donors (Lipinski definition) is 1. The topological polar surface area (TPSA) is 80.7 Å². The maximum Gasteiger partial charge on any atom is 0.420 e. The Hall–Kier alpha value is -1.48. The summed E-state index contributed by atoms with van der Waals surface area (Å²) in [5, 5.41) is 8.33. The van der Waals surface area contributed by atoms with E-state index in [0.717, 1.165) is 6.07 Å². The van der Waals surface area contributed by atoms with Crippen molar-refractivity contribution in [1.29, 1.82) is 0 Å². The van der Waals surface area contributed by atoms with Gasteiger partial charge in [0.05, 0.1) is 10.5 Å². The van der Waals surface area contributed by atoms with E-state index < -0.39 is 44.0 Å². The van der Waals surface area contributed by atoms with Crippen LogP contribution in [0.2, 0.25) is 0 Å². The van der Waals surface area contributed by atoms with Gasteiger partial charge in [-0.3, -0.25) is 0 Å². The van der Waals surface area contributed by atoms with Gasteiger partial charge in [-0.15, -0.1) is 0 Å². The van der Waals surface area contributed by atoms with E-state index in [1.165, 1.54) is 0 Å². The minimum Gasteiger partial charge on any atom is -0.481 e. The molecule has 0 aliphatic carbocycles. The number of carbonyl (C=O) groups is 1. The molecular formula is C9H6ClF3O5S. The fraction of sp³-hybridized carbons (Fsp3) is 0.222. The van der Waals surface area contributed by atoms with E-state index >= 15 is 0 Å². The largest absolute Gasteiger partial charge is 0.481 e. The highest BCUT2D eigenvalue weighted by molar-refractivity contribution is 8.13. The summed E-state index contributed by atoms with van der Waals surface area (Å²) in [6.45, 7) is -0.990. The van der Waals surface area contributed by atoms with Crippen LogP contribution in [0.3, 0.4) is 0 Å². The Morgan fingerprint density at radius 2 is 1.95 bits per heavy atom. The Balaban J connectivity index is 3.29. The molecule has 0 aliphatic rings. The Kier molecular flexibility index (Phi) is 4.31. The predicted octanol–water partition coefficient (Wildman–Crippen LogP) is 2.10. The molecule has 0 saturated carbocycles. The van der Waals surface area contributed by atoms with Gasteiger partial charge in [0.2, 0.25) is 0 Å². The molecule has 19 heavy (non-hydrogen) atoms. The van der Waals surface area contributed by atoms with Crippen molar-refractivity contribution < 1.29 is 36.2 Å². The molecule has 0 unspecified atom stereocenters. The number of ether oxygens (including phenoxy) is 1. The highest BCUT2D eigenvalue weighted by atomic mass is 35.7. The maximum atomic E-state index is 12.7. The minimum atomic E-state index is -4.91. The number of carboxylic acids is 1. The monoisotopic (exact) mass is 318 g/mol. The first-order valence-electron chi connectivity index (χ1n) is 4.52. The fourth-order valence-electron chi connectivity index (χ4n) is 1.15. The van der Waals surface area contributed by atoms with Crippen molar-refractivity contribution in [1.82, 2.24) is 0 Å². The van der Waals surface area contributed by atoms with Crippen LogP contribution in [0, 0.1) is 0 Å². The average Bonchev–Trinajstić information content (AvgIpc) is 2.23. The van der Waals surface area contributed by atoms with Crippen LogP contribution in [-0.4, -0.2) is 26.1 Å². The van der Waals surface area contributed by atoms with Gasteiger partial charge >= 0.3 is 12.1 Å². The van der Waals surface area contributed by atoms with Crippen LogP contribution in [0.1, 0.15) is 5.56 Å². The van der Waals surface area contributed by atoms with E-state index in [1.807, 2.05) is 0 Å². The lowest BCUT2D eigenvalue weighted by Gasteiger charge is -2.13. The molecule has 0 fully saturated rings. The normalized spacial score (nSPS) is 12.2. The lowest BCUT2D eigenvalue weighted by molar-refractivity contribution is -0.143. The summed E-state index contributed by atoms with van der Waals surface area (Å²) in [7, 11) is 0.597. The van der Waals surface area contributed by atoms with E-state index in [0.29, 0.717) is 6.07 Å². The second-order valence-corrected chi connectivity index (χ2v) is 5.84. The van der Waals surface area contributed by atoms with Gasteiger partial charge in [0.1, 0.15) is 5.75 Å². The van der Waals surface area contributed by atoms with Gasteiger partial charge < -0.3 is 9.84 Å². The van der Waals surface area contributed by atoms with E-state index in [-0.39, 0.29) is 6.07 Å². The molecule has 0 atom stereocenters. The third-order valence-corrected chi connectivity index (χ3v) is 3.24. The van der Waals surface area contributed by atoms with Crippen LogP contribution < -0.4 is 4.74 Å². The Morgan fingerprint density at radius 3 is 2.37 bits per heavy atom. The van der Waals surface area contributed by atoms with Crippen molar-refractivity contribution in [2.24, 2.45) is 0 Å². The molecule has 0 radical (unpaired) electrons. The summed E-state index contributed by atoms with van der Waals surface area (Å²) >= 11 is 0. The van der Waals surface area contributed by atoms with Gasteiger partial charge in [-0.25, -0.2) is 13.2 Å². The summed E-state index contributed by atoms with van der Waals surface area (Å²) in [6.07, 6.45) is -4.91. The highest BCUT2D eigenvalue weighted by Crippen LogP contribution is 2.38. The molecule has 1 rings (SSSR count). The number of alkyl halides is 3. The van der Waals surface area contributed by atoms with E-state index in [4.69, 9.17) is 15.8 Å². The van der Waals surface area contributed by atoms with Gasteiger partial charge in [-0.05, 0) is 18.2 Å². The van der Waals surface area contributed by atoms with Crippen LogP contribution in [0.25, 0.3) is 0 Å². The Labute approximate surface area is 110 Å². The summed E-state index contributed by atoms with van der Waals surface area (Å²) in [5.74, 6) is -2.26. The van der Waals surface area contributed by atoms with Crippen LogP contribution in [0.15, 0.2) is 23.1 Å². The molecule has 5 nitrogen and oxygen atoms in total. The smallest absolute Gasteiger partial charge is 0.420 e. The van der Waals surface area contributed by atoms with Crippen LogP contribution in [0.5, 0.6) is 5.75 Å². The number of hydrogen-bond acceptors (Lipinski definition) is 4. The molecule has 1 N–H and O–H groups in total. The first kappa shape index (κ1) is 15.6. The maximum absolute atomic E-state index is 12.7. The molecule has 0 spiro atoms. The van der Waals surface area contributed by atoms with E-state index in [1.54, 1.807) is 0 Å². The van der Waals surface area contributed by atoms with Gasteiger partial charge in [0, 0.05) is 10.7 Å². The number of aliphatic carboxylic acids is 1. The van der Waals surface area contributed by atoms with Crippen molar-refractivity contribution in [3.63, 3.8) is 0 Å². The molecule has 0 saturated heterocycles. The highest BCUT2D eigenvalue weighted by Gasteiger charge is 2.35. The molecule has 0 aromatic heterocycles. The fourth-order valence-corrected chi connectivity index (χ4v) is 1.92. The molecule has 1 aromatic carbocycles. The van der Waals surface area contributed by atoms with Gasteiger partial charge in [0.25, 0.3) is 9.05 Å². The molecular weight excluding hydrogens is 313 g/mol. The molecule has 10 heteroatoms. The summed E-state index contributed by atoms with van der Waals surface area (Å²) in [4.78, 5) is 9.48. The molecule has 106 valence electrons. The van der Waals surface area contributed by atoms with E-state index in [2.05, 4.69) is 4.74 Å². The predicted molar refractivity (Wildman–Crippen MR) is 57.6 cm³/mol. The second-order valence-electron chi connectivity index (χ2n) is 3.28. The van der Waals surface area contributed by atoms with Gasteiger partial charge in [0.15, 0.2) is 6.61 Å². The second kappa shape index (κ2) is 5.25. The third-order valence-electron chi connectivity index (χ3n) is 1.89. The van der Waals surface area contributed by atoms with Crippen molar-refractivity contribution in [2.75, 3.05) is 6.61 Å². The average molecular weight is 319 g/mol. The SMILES string of the molecule is O=C(O)COc1ccc(S(=O)(=O)Cl)cc1C(F)(F)F. The number of halogens is 4. The lowest BCUT2D eigenvalue weighted by atomic mass is 10.2. The Bertz CT molecular complexity index is 596. The zero-order chi connectivity index (χ0) is 14.8. The van der Waals surface area contributed by atoms with E-state index in [9.17, 15) is 26.4 Å². The molecule has 0 bridgehead atoms. The zero-order valence-corrected chi connectivity index (χ0v) is 10.5. The first-order chi connectivity index (χ1) is 8.51. The molecule has 0 aliphatic heterocycles.